The van der Waals surface area contributed by atoms with Crippen LogP contribution < -0.4 is 9.64 Å². The van der Waals surface area contributed by atoms with E-state index in [0.29, 0.717) is 23.4 Å². The summed E-state index contributed by atoms with van der Waals surface area (Å²) in [5.41, 5.74) is 1.18. The smallest absolute Gasteiger partial charge is 0.295 e. The molecule has 29 heavy (non-hydrogen) atoms. The number of Topliss-reactive ketones (excluding diaryl/α,β-unsaturated/α-hetero) is 1. The number of aliphatic hydroxyl groups is 1. The molecule has 1 aliphatic heterocycles. The second kappa shape index (κ2) is 8.87. The van der Waals surface area contributed by atoms with Crippen molar-refractivity contribution < 1.29 is 24.3 Å². The first kappa shape index (κ1) is 20.5. The van der Waals surface area contributed by atoms with Crippen molar-refractivity contribution in [2.75, 3.05) is 34.3 Å². The molecule has 0 aliphatic carbocycles. The molecule has 0 radical (unpaired) electrons. The van der Waals surface area contributed by atoms with E-state index in [1.165, 1.54) is 22.2 Å². The number of carbonyl (C=O) groups excluding carboxylic acids is 2. The molecule has 152 valence electrons. The molecule has 0 bridgehead atoms. The Balaban J connectivity index is 2.13. The molecular formula is C22H26N3O4+. The van der Waals surface area contributed by atoms with Crippen LogP contribution in [0.4, 0.5) is 0 Å². The number of nitrogens with zero attached hydrogens (tertiary/aromatic N) is 2. The molecule has 0 saturated carbocycles. The third-order valence-corrected chi connectivity index (χ3v) is 5.00. The Labute approximate surface area is 170 Å². The van der Waals surface area contributed by atoms with Crippen LogP contribution in [0.15, 0.2) is 54.4 Å². The Morgan fingerprint density at radius 2 is 1.86 bits per heavy atom. The molecule has 1 atom stereocenters. The molecular weight excluding hydrogens is 370 g/mol. The zero-order chi connectivity index (χ0) is 21.0. The van der Waals surface area contributed by atoms with Crippen molar-refractivity contribution in [2.24, 2.45) is 0 Å². The van der Waals surface area contributed by atoms with Gasteiger partial charge in [-0.05, 0) is 18.2 Å². The van der Waals surface area contributed by atoms with Gasteiger partial charge in [0.15, 0.2) is 0 Å². The van der Waals surface area contributed by atoms with E-state index < -0.39 is 17.7 Å². The Morgan fingerprint density at radius 3 is 2.52 bits per heavy atom. The van der Waals surface area contributed by atoms with Crippen molar-refractivity contribution in [3.05, 3.63) is 65.5 Å². The lowest BCUT2D eigenvalue weighted by Crippen LogP contribution is -3.05. The molecule has 1 fully saturated rings. The van der Waals surface area contributed by atoms with E-state index in [9.17, 15) is 14.7 Å². The molecule has 3 rings (SSSR count). The quantitative estimate of drug-likeness (QED) is 0.415. The van der Waals surface area contributed by atoms with Crippen molar-refractivity contribution in [3.63, 3.8) is 0 Å². The largest absolute Gasteiger partial charge is 0.507 e. The molecule has 2 N–H and O–H groups in total. The highest BCUT2D eigenvalue weighted by atomic mass is 16.5. The first-order valence-corrected chi connectivity index (χ1v) is 9.56. The van der Waals surface area contributed by atoms with Gasteiger partial charge in [-0.15, -0.1) is 0 Å². The van der Waals surface area contributed by atoms with Gasteiger partial charge in [-0.3, -0.25) is 14.6 Å². The van der Waals surface area contributed by atoms with Gasteiger partial charge < -0.3 is 19.6 Å². The van der Waals surface area contributed by atoms with E-state index >= 15 is 0 Å². The summed E-state index contributed by atoms with van der Waals surface area (Å²) >= 11 is 0. The fourth-order valence-electron chi connectivity index (χ4n) is 3.59. The number of amides is 1. The zero-order valence-electron chi connectivity index (χ0n) is 16.9. The maximum absolute atomic E-state index is 12.9. The average Bonchev–Trinajstić information content (AvgIpc) is 2.98. The first-order valence-electron chi connectivity index (χ1n) is 9.56. The number of carbonyl (C=O) groups is 2. The number of aromatic nitrogens is 1. The Morgan fingerprint density at radius 1 is 1.17 bits per heavy atom. The van der Waals surface area contributed by atoms with Crippen LogP contribution in [-0.4, -0.2) is 61.0 Å². The van der Waals surface area contributed by atoms with Gasteiger partial charge in [0.2, 0.25) is 0 Å². The summed E-state index contributed by atoms with van der Waals surface area (Å²) in [6.07, 6.45) is 3.79. The van der Waals surface area contributed by atoms with E-state index in [4.69, 9.17) is 4.74 Å². The highest BCUT2D eigenvalue weighted by molar-refractivity contribution is 6.46. The fraction of sp³-hybridized carbons (Fsp3) is 0.318. The summed E-state index contributed by atoms with van der Waals surface area (Å²) < 4.78 is 5.49. The van der Waals surface area contributed by atoms with Crippen LogP contribution in [0.5, 0.6) is 5.75 Å². The monoisotopic (exact) mass is 396 g/mol. The minimum Gasteiger partial charge on any atom is -0.507 e. The molecule has 7 heteroatoms. The van der Waals surface area contributed by atoms with Crippen molar-refractivity contribution in [3.8, 4) is 5.75 Å². The second-order valence-corrected chi connectivity index (χ2v) is 7.28. The van der Waals surface area contributed by atoms with Crippen LogP contribution in [0.3, 0.4) is 0 Å². The molecule has 1 aromatic heterocycles. The lowest BCUT2D eigenvalue weighted by Gasteiger charge is -2.26. The number of aliphatic hydroxyl groups excluding tert-OH is 1. The zero-order valence-corrected chi connectivity index (χ0v) is 16.9. The molecule has 2 heterocycles. The number of benzene rings is 1. The van der Waals surface area contributed by atoms with E-state index in [1.54, 1.807) is 25.3 Å². The Kier molecular flexibility index (Phi) is 6.29. The Hall–Kier alpha value is -3.19. The normalized spacial score (nSPS) is 18.5. The van der Waals surface area contributed by atoms with Crippen molar-refractivity contribution >= 4 is 17.4 Å². The molecule has 0 unspecified atom stereocenters. The van der Waals surface area contributed by atoms with E-state index in [-0.39, 0.29) is 11.3 Å². The lowest BCUT2D eigenvalue weighted by atomic mass is 9.95. The van der Waals surface area contributed by atoms with Gasteiger partial charge in [0.25, 0.3) is 11.7 Å². The molecule has 0 spiro atoms. The summed E-state index contributed by atoms with van der Waals surface area (Å²) in [4.78, 5) is 32.6. The summed E-state index contributed by atoms with van der Waals surface area (Å²) in [6.45, 7) is 1.26. The van der Waals surface area contributed by atoms with Gasteiger partial charge in [0.1, 0.15) is 11.5 Å². The first-order chi connectivity index (χ1) is 14.0. The third kappa shape index (κ3) is 4.14. The summed E-state index contributed by atoms with van der Waals surface area (Å²) in [5, 5.41) is 10.9. The number of likely N-dealkylation sites (tertiary alicyclic amines) is 1. The standard InChI is InChI=1S/C22H25N3O4/c1-24(2)13-6-14-25-19(16-7-4-5-8-17(16)29-3)18(21(27)22(25)28)20(26)15-9-11-23-12-10-15/h4-5,7-12,19,26H,6,13-14H2,1-3H3/p+1/b20-18+/t19-/m0/s1. The van der Waals surface area contributed by atoms with Gasteiger partial charge >= 0.3 is 0 Å². The maximum Gasteiger partial charge on any atom is 0.295 e. The van der Waals surface area contributed by atoms with Crippen LogP contribution in [0.2, 0.25) is 0 Å². The number of methoxy groups -OCH3 is 1. The topological polar surface area (TPSA) is 84.2 Å². The SMILES string of the molecule is COc1ccccc1[C@H]1/C(=C(\O)c2ccncc2)C(=O)C(=O)N1CCC[NH+](C)C. The van der Waals surface area contributed by atoms with Crippen LogP contribution in [0.1, 0.15) is 23.6 Å². The number of quaternary nitrogens is 1. The lowest BCUT2D eigenvalue weighted by molar-refractivity contribution is -0.858. The van der Waals surface area contributed by atoms with Crippen molar-refractivity contribution in [1.82, 2.24) is 9.88 Å². The predicted molar refractivity (Wildman–Crippen MR) is 109 cm³/mol. The number of ketones is 1. The number of ether oxygens (including phenoxy) is 1. The van der Waals surface area contributed by atoms with Crippen LogP contribution in [0, 0.1) is 0 Å². The van der Waals surface area contributed by atoms with E-state index in [0.717, 1.165) is 13.0 Å². The second-order valence-electron chi connectivity index (χ2n) is 7.28. The highest BCUT2D eigenvalue weighted by Crippen LogP contribution is 2.42. The number of hydrogen-bond donors (Lipinski definition) is 2. The summed E-state index contributed by atoms with van der Waals surface area (Å²) in [5.74, 6) is -0.941. The van der Waals surface area contributed by atoms with Crippen LogP contribution in [0.25, 0.3) is 5.76 Å². The minimum atomic E-state index is -0.712. The molecule has 7 nitrogen and oxygen atoms in total. The van der Waals surface area contributed by atoms with Crippen LogP contribution >= 0.6 is 0 Å². The van der Waals surface area contributed by atoms with Gasteiger partial charge in [0, 0.05) is 36.5 Å². The van der Waals surface area contributed by atoms with Gasteiger partial charge in [-0.2, -0.15) is 0 Å². The average molecular weight is 396 g/mol. The molecule has 2 aromatic rings. The molecule has 1 aromatic carbocycles. The van der Waals surface area contributed by atoms with Gasteiger partial charge in [-0.1, -0.05) is 18.2 Å². The number of rotatable bonds is 7. The molecule has 1 aliphatic rings. The number of para-hydroxylation sites is 1. The summed E-state index contributed by atoms with van der Waals surface area (Å²) in [7, 11) is 5.62. The number of pyridine rings is 1. The highest BCUT2D eigenvalue weighted by Gasteiger charge is 2.46. The van der Waals surface area contributed by atoms with Crippen molar-refractivity contribution in [2.45, 2.75) is 12.5 Å². The fourth-order valence-corrected chi connectivity index (χ4v) is 3.59. The molecule has 1 saturated heterocycles. The minimum absolute atomic E-state index is 0.0721. The van der Waals surface area contributed by atoms with E-state index in [1.807, 2.05) is 32.3 Å². The van der Waals surface area contributed by atoms with E-state index in [2.05, 4.69) is 4.98 Å². The van der Waals surface area contributed by atoms with Gasteiger partial charge in [-0.25, -0.2) is 0 Å². The molecule has 1 amide bonds. The Bertz CT molecular complexity index is 925. The van der Waals surface area contributed by atoms with Crippen molar-refractivity contribution in [1.29, 1.82) is 0 Å². The number of nitrogens with one attached hydrogen (secondary N) is 1. The maximum atomic E-state index is 12.9. The summed E-state index contributed by atoms with van der Waals surface area (Å²) in [6, 6.07) is 9.76. The van der Waals surface area contributed by atoms with Crippen LogP contribution in [-0.2, 0) is 9.59 Å². The predicted octanol–water partition coefficient (Wildman–Crippen LogP) is 1.05. The third-order valence-electron chi connectivity index (χ3n) is 5.00. The number of hydrogen-bond acceptors (Lipinski definition) is 5. The van der Waals surface area contributed by atoms with Gasteiger partial charge in [0.05, 0.1) is 39.4 Å².